The van der Waals surface area contributed by atoms with E-state index in [9.17, 15) is 4.79 Å². The van der Waals surface area contributed by atoms with E-state index in [4.69, 9.17) is 0 Å². The molecule has 0 atom stereocenters. The van der Waals surface area contributed by atoms with E-state index in [1.807, 2.05) is 0 Å². The molecule has 1 aliphatic carbocycles. The van der Waals surface area contributed by atoms with Crippen LogP contribution >= 0.6 is 0 Å². The van der Waals surface area contributed by atoms with E-state index in [0.29, 0.717) is 0 Å². The lowest BCUT2D eigenvalue weighted by atomic mass is 9.99. The van der Waals surface area contributed by atoms with Crippen molar-refractivity contribution in [1.82, 2.24) is 10.2 Å². The Labute approximate surface area is 124 Å². The lowest BCUT2D eigenvalue weighted by Gasteiger charge is -2.30. The van der Waals surface area contributed by atoms with Crippen molar-refractivity contribution in [3.63, 3.8) is 0 Å². The monoisotopic (exact) mass is 280 g/mol. The third kappa shape index (κ3) is 5.82. The molecule has 1 aliphatic heterocycles. The molecule has 0 aromatic carbocycles. The van der Waals surface area contributed by atoms with Gasteiger partial charge in [-0.05, 0) is 57.2 Å². The van der Waals surface area contributed by atoms with Gasteiger partial charge in [-0.2, -0.15) is 0 Å². The molecule has 0 bridgehead atoms. The van der Waals surface area contributed by atoms with Crippen LogP contribution in [0.25, 0.3) is 0 Å². The van der Waals surface area contributed by atoms with Crippen molar-refractivity contribution < 1.29 is 4.79 Å². The van der Waals surface area contributed by atoms with Crippen LogP contribution in [0.3, 0.4) is 0 Å². The van der Waals surface area contributed by atoms with Crippen molar-refractivity contribution in [2.45, 2.75) is 64.7 Å². The molecule has 0 aromatic heterocycles. The summed E-state index contributed by atoms with van der Waals surface area (Å²) in [5, 5.41) is 3.09. The Hall–Kier alpha value is -0.570. The first-order valence-corrected chi connectivity index (χ1v) is 8.73. The van der Waals surface area contributed by atoms with Crippen LogP contribution in [-0.4, -0.2) is 37.0 Å². The van der Waals surface area contributed by atoms with Gasteiger partial charge < -0.3 is 10.2 Å². The highest BCUT2D eigenvalue weighted by Crippen LogP contribution is 2.28. The average molecular weight is 280 g/mol. The lowest BCUT2D eigenvalue weighted by molar-refractivity contribution is -0.121. The topological polar surface area (TPSA) is 32.3 Å². The molecular weight excluding hydrogens is 248 g/mol. The zero-order valence-corrected chi connectivity index (χ0v) is 13.2. The van der Waals surface area contributed by atoms with Gasteiger partial charge in [0.1, 0.15) is 0 Å². The molecule has 3 heteroatoms. The molecule has 0 spiro atoms. The molecule has 1 amide bonds. The first kappa shape index (κ1) is 15.8. The summed E-state index contributed by atoms with van der Waals surface area (Å²) >= 11 is 0. The second-order valence-electron chi connectivity index (χ2n) is 6.92. The van der Waals surface area contributed by atoms with E-state index in [1.54, 1.807) is 0 Å². The molecule has 1 saturated carbocycles. The molecule has 2 rings (SSSR count). The first-order valence-electron chi connectivity index (χ1n) is 8.73. The third-order valence-electron chi connectivity index (χ3n) is 5.10. The summed E-state index contributed by atoms with van der Waals surface area (Å²) < 4.78 is 0. The number of likely N-dealkylation sites (tertiary alicyclic amines) is 1. The van der Waals surface area contributed by atoms with Crippen molar-refractivity contribution >= 4 is 5.91 Å². The SMILES string of the molecule is CC1CCN(CCCNC(=O)CCC2CCCC2)CC1. The second-order valence-corrected chi connectivity index (χ2v) is 6.92. The standard InChI is InChI=1S/C17H32N2O/c1-15-9-13-19(14-10-15)12-4-11-18-17(20)8-7-16-5-2-3-6-16/h15-16H,2-14H2,1H3,(H,18,20). The number of piperidine rings is 1. The van der Waals surface area contributed by atoms with Crippen LogP contribution < -0.4 is 5.32 Å². The molecule has 1 saturated heterocycles. The van der Waals surface area contributed by atoms with E-state index in [1.165, 1.54) is 51.6 Å². The Bertz CT molecular complexity index is 279. The second kappa shape index (κ2) is 8.66. The maximum Gasteiger partial charge on any atom is 0.220 e. The van der Waals surface area contributed by atoms with Crippen LogP contribution in [0.5, 0.6) is 0 Å². The molecular formula is C17H32N2O. The first-order chi connectivity index (χ1) is 9.74. The molecule has 0 radical (unpaired) electrons. The minimum Gasteiger partial charge on any atom is -0.356 e. The van der Waals surface area contributed by atoms with Crippen LogP contribution in [0, 0.1) is 11.8 Å². The molecule has 1 heterocycles. The molecule has 0 aromatic rings. The van der Waals surface area contributed by atoms with Gasteiger partial charge in [0.25, 0.3) is 0 Å². The zero-order valence-electron chi connectivity index (χ0n) is 13.2. The van der Waals surface area contributed by atoms with Crippen LogP contribution in [0.2, 0.25) is 0 Å². The number of nitrogens with one attached hydrogen (secondary N) is 1. The van der Waals surface area contributed by atoms with E-state index in [2.05, 4.69) is 17.1 Å². The Morgan fingerprint density at radius 2 is 1.85 bits per heavy atom. The van der Waals surface area contributed by atoms with Gasteiger partial charge in [0.2, 0.25) is 5.91 Å². The summed E-state index contributed by atoms with van der Waals surface area (Å²) in [7, 11) is 0. The van der Waals surface area contributed by atoms with Crippen molar-refractivity contribution in [3.05, 3.63) is 0 Å². The van der Waals surface area contributed by atoms with Crippen LogP contribution in [-0.2, 0) is 4.79 Å². The highest BCUT2D eigenvalue weighted by Gasteiger charge is 2.16. The summed E-state index contributed by atoms with van der Waals surface area (Å²) in [6, 6.07) is 0. The largest absolute Gasteiger partial charge is 0.356 e. The fourth-order valence-corrected chi connectivity index (χ4v) is 3.54. The van der Waals surface area contributed by atoms with Crippen molar-refractivity contribution in [2.75, 3.05) is 26.2 Å². The normalized spacial score (nSPS) is 22.2. The number of hydrogen-bond donors (Lipinski definition) is 1. The minimum atomic E-state index is 0.268. The van der Waals surface area contributed by atoms with E-state index < -0.39 is 0 Å². The maximum absolute atomic E-state index is 11.8. The van der Waals surface area contributed by atoms with E-state index >= 15 is 0 Å². The van der Waals surface area contributed by atoms with Crippen molar-refractivity contribution in [2.24, 2.45) is 11.8 Å². The molecule has 2 fully saturated rings. The summed E-state index contributed by atoms with van der Waals surface area (Å²) in [5.41, 5.74) is 0. The van der Waals surface area contributed by atoms with Gasteiger partial charge in [-0.1, -0.05) is 32.6 Å². The third-order valence-corrected chi connectivity index (χ3v) is 5.10. The Morgan fingerprint density at radius 3 is 2.55 bits per heavy atom. The molecule has 3 nitrogen and oxygen atoms in total. The number of amides is 1. The Kier molecular flexibility index (Phi) is 6.85. The highest BCUT2D eigenvalue weighted by molar-refractivity contribution is 5.75. The number of carbonyl (C=O) groups is 1. The van der Waals surface area contributed by atoms with Crippen molar-refractivity contribution in [3.8, 4) is 0 Å². The smallest absolute Gasteiger partial charge is 0.220 e. The maximum atomic E-state index is 11.8. The van der Waals surface area contributed by atoms with Gasteiger partial charge in [0, 0.05) is 13.0 Å². The summed E-state index contributed by atoms with van der Waals surface area (Å²) in [5.74, 6) is 2.00. The number of carbonyl (C=O) groups excluding carboxylic acids is 1. The highest BCUT2D eigenvalue weighted by atomic mass is 16.1. The van der Waals surface area contributed by atoms with E-state index in [-0.39, 0.29) is 5.91 Å². The molecule has 2 aliphatic rings. The fraction of sp³-hybridized carbons (Fsp3) is 0.941. The van der Waals surface area contributed by atoms with Crippen molar-refractivity contribution in [1.29, 1.82) is 0 Å². The van der Waals surface area contributed by atoms with Crippen LogP contribution in [0.1, 0.15) is 64.7 Å². The van der Waals surface area contributed by atoms with Gasteiger partial charge in [-0.15, -0.1) is 0 Å². The molecule has 1 N–H and O–H groups in total. The number of hydrogen-bond acceptors (Lipinski definition) is 2. The average Bonchev–Trinajstić information content (AvgIpc) is 2.96. The summed E-state index contributed by atoms with van der Waals surface area (Å²) in [6.07, 6.45) is 11.1. The Balaban J connectivity index is 1.44. The van der Waals surface area contributed by atoms with Gasteiger partial charge in [0.05, 0.1) is 0 Å². The van der Waals surface area contributed by atoms with Gasteiger partial charge in [-0.25, -0.2) is 0 Å². The quantitative estimate of drug-likeness (QED) is 0.726. The molecule has 20 heavy (non-hydrogen) atoms. The minimum absolute atomic E-state index is 0.268. The predicted molar refractivity (Wildman–Crippen MR) is 83.7 cm³/mol. The number of nitrogens with zero attached hydrogens (tertiary/aromatic N) is 1. The lowest BCUT2D eigenvalue weighted by Crippen LogP contribution is -2.35. The molecule has 0 unspecified atom stereocenters. The summed E-state index contributed by atoms with van der Waals surface area (Å²) in [4.78, 5) is 14.3. The zero-order chi connectivity index (χ0) is 14.2. The van der Waals surface area contributed by atoms with Crippen LogP contribution in [0.4, 0.5) is 0 Å². The molecule has 116 valence electrons. The predicted octanol–water partition coefficient (Wildman–Crippen LogP) is 3.20. The summed E-state index contributed by atoms with van der Waals surface area (Å²) in [6.45, 7) is 6.85. The van der Waals surface area contributed by atoms with Gasteiger partial charge in [0.15, 0.2) is 0 Å². The van der Waals surface area contributed by atoms with Gasteiger partial charge in [-0.3, -0.25) is 4.79 Å². The Morgan fingerprint density at radius 1 is 1.15 bits per heavy atom. The van der Waals surface area contributed by atoms with Crippen LogP contribution in [0.15, 0.2) is 0 Å². The fourth-order valence-electron chi connectivity index (χ4n) is 3.54. The number of rotatable bonds is 7. The van der Waals surface area contributed by atoms with E-state index in [0.717, 1.165) is 44.2 Å². The van der Waals surface area contributed by atoms with Gasteiger partial charge >= 0.3 is 0 Å².